The topological polar surface area (TPSA) is 37.9 Å². The Bertz CT molecular complexity index is 749. The number of hydrogen-bond donors (Lipinski definition) is 2. The Labute approximate surface area is 160 Å². The van der Waals surface area contributed by atoms with E-state index >= 15 is 0 Å². The number of methoxy groups -OCH3 is 1. The normalized spacial score (nSPS) is 13.0. The smallest absolute Gasteiger partial charge is 0.123 e. The second-order valence-corrected chi connectivity index (χ2v) is 6.18. The van der Waals surface area contributed by atoms with Crippen LogP contribution in [0.4, 0.5) is 0 Å². The summed E-state index contributed by atoms with van der Waals surface area (Å²) < 4.78 is 5.68. The Morgan fingerprint density at radius 2 is 1.68 bits per heavy atom. The van der Waals surface area contributed by atoms with Gasteiger partial charge in [0.15, 0.2) is 0 Å². The highest BCUT2D eigenvalue weighted by molar-refractivity contribution is 7.80. The van der Waals surface area contributed by atoms with Crippen LogP contribution in [-0.2, 0) is 11.2 Å². The number of rotatable bonds is 7. The van der Waals surface area contributed by atoms with Crippen LogP contribution in [0.25, 0.3) is 0 Å². The Hall–Kier alpha value is -1.75. The minimum absolute atomic E-state index is 0. The molecular weight excluding hydrogens is 352 g/mol. The predicted octanol–water partition coefficient (Wildman–Crippen LogP) is 4.82. The van der Waals surface area contributed by atoms with Crippen LogP contribution in [-0.4, -0.2) is 22.8 Å². The van der Waals surface area contributed by atoms with Crippen molar-refractivity contribution >= 4 is 25.0 Å². The number of halogens is 1. The van der Waals surface area contributed by atoms with E-state index in [1.165, 1.54) is 5.56 Å². The molecule has 2 aromatic carbocycles. The second kappa shape index (κ2) is 9.66. The number of ether oxygens (including phenoxy) is 1. The lowest BCUT2D eigenvalue weighted by molar-refractivity contribution is 0.133. The molecule has 2 atom stereocenters. The Morgan fingerprint density at radius 3 is 2.28 bits per heavy atom. The first-order valence-corrected chi connectivity index (χ1v) is 8.72. The van der Waals surface area contributed by atoms with Gasteiger partial charge in [0.2, 0.25) is 0 Å². The summed E-state index contributed by atoms with van der Waals surface area (Å²) in [5.74, 6) is 1.95. The third-order valence-corrected chi connectivity index (χ3v) is 4.61. The van der Waals surface area contributed by atoms with Crippen LogP contribution in [0, 0.1) is 0 Å². The molecule has 0 spiro atoms. The first kappa shape index (κ1) is 19.6. The quantitative estimate of drug-likeness (QED) is 0.581. The van der Waals surface area contributed by atoms with Crippen molar-refractivity contribution < 1.29 is 4.74 Å². The predicted molar refractivity (Wildman–Crippen MR) is 108 cm³/mol. The average Bonchev–Trinajstić information content (AvgIpc) is 3.12. The van der Waals surface area contributed by atoms with Crippen LogP contribution in [0.1, 0.15) is 34.7 Å². The maximum Gasteiger partial charge on any atom is 0.123 e. The van der Waals surface area contributed by atoms with E-state index in [1.807, 2.05) is 30.5 Å². The highest BCUT2D eigenvalue weighted by Gasteiger charge is 2.19. The first-order chi connectivity index (χ1) is 11.8. The van der Waals surface area contributed by atoms with Gasteiger partial charge in [-0.15, -0.1) is 12.4 Å². The zero-order chi connectivity index (χ0) is 16.8. The van der Waals surface area contributed by atoms with E-state index in [1.54, 1.807) is 7.11 Å². The van der Waals surface area contributed by atoms with Gasteiger partial charge in [0.1, 0.15) is 11.9 Å². The van der Waals surface area contributed by atoms with Gasteiger partial charge >= 0.3 is 0 Å². The van der Waals surface area contributed by atoms with Gasteiger partial charge in [-0.05, 0) is 17.5 Å². The van der Waals surface area contributed by atoms with E-state index in [0.29, 0.717) is 0 Å². The van der Waals surface area contributed by atoms with Crippen LogP contribution in [0.5, 0.6) is 0 Å². The van der Waals surface area contributed by atoms with Crippen molar-refractivity contribution in [2.45, 2.75) is 18.4 Å². The van der Waals surface area contributed by atoms with Gasteiger partial charge in [-0.3, -0.25) is 0 Å². The molecule has 25 heavy (non-hydrogen) atoms. The molecule has 0 fully saturated rings. The van der Waals surface area contributed by atoms with Crippen LogP contribution >= 0.6 is 25.0 Å². The van der Waals surface area contributed by atoms with Crippen LogP contribution in [0.2, 0.25) is 0 Å². The molecule has 0 aliphatic heterocycles. The molecule has 3 aromatic rings. The fourth-order valence-electron chi connectivity index (χ4n) is 2.91. The van der Waals surface area contributed by atoms with Crippen molar-refractivity contribution in [2.75, 3.05) is 12.9 Å². The summed E-state index contributed by atoms with van der Waals surface area (Å²) in [5, 5.41) is 0. The lowest BCUT2D eigenvalue weighted by atomic mass is 10.0. The Morgan fingerprint density at radius 1 is 1.04 bits per heavy atom. The maximum absolute atomic E-state index is 5.68. The lowest BCUT2D eigenvalue weighted by Gasteiger charge is -2.15. The summed E-state index contributed by atoms with van der Waals surface area (Å²) in [6, 6.07) is 20.6. The van der Waals surface area contributed by atoms with E-state index in [0.717, 1.165) is 29.3 Å². The van der Waals surface area contributed by atoms with Gasteiger partial charge in [-0.1, -0.05) is 60.7 Å². The van der Waals surface area contributed by atoms with Gasteiger partial charge < -0.3 is 9.72 Å². The molecule has 132 valence electrons. The average molecular weight is 375 g/mol. The molecule has 3 nitrogen and oxygen atoms in total. The molecule has 5 heteroatoms. The minimum atomic E-state index is -0.134. The lowest BCUT2D eigenvalue weighted by Crippen LogP contribution is -2.08. The number of aromatic nitrogens is 2. The summed E-state index contributed by atoms with van der Waals surface area (Å²) in [5.41, 5.74) is 3.38. The standard InChI is InChI=1S/C20H22N2OS.ClH/c1-23-19(16-10-6-3-7-11-16)18-13-21-20(22-18)17(14-24)12-15-8-4-2-5-9-15;/h2-11,13,17,19,24H,12,14H2,1H3,(H,21,22);1H/t17-,19-;/m1./s1. The van der Waals surface area contributed by atoms with E-state index in [4.69, 9.17) is 4.74 Å². The van der Waals surface area contributed by atoms with Crippen molar-refractivity contribution in [3.63, 3.8) is 0 Å². The van der Waals surface area contributed by atoms with Crippen molar-refractivity contribution in [3.8, 4) is 0 Å². The number of aromatic amines is 1. The zero-order valence-electron chi connectivity index (χ0n) is 14.1. The molecule has 1 heterocycles. The van der Waals surface area contributed by atoms with E-state index < -0.39 is 0 Å². The van der Waals surface area contributed by atoms with Gasteiger partial charge in [-0.2, -0.15) is 12.6 Å². The number of benzene rings is 2. The van der Waals surface area contributed by atoms with Crippen LogP contribution in [0.15, 0.2) is 66.9 Å². The first-order valence-electron chi connectivity index (χ1n) is 8.09. The van der Waals surface area contributed by atoms with Crippen LogP contribution in [0.3, 0.4) is 0 Å². The fourth-order valence-corrected chi connectivity index (χ4v) is 3.21. The molecule has 0 saturated heterocycles. The van der Waals surface area contributed by atoms with E-state index in [-0.39, 0.29) is 24.4 Å². The molecule has 3 rings (SSSR count). The maximum atomic E-state index is 5.68. The monoisotopic (exact) mass is 374 g/mol. The number of hydrogen-bond acceptors (Lipinski definition) is 3. The highest BCUT2D eigenvalue weighted by Crippen LogP contribution is 2.26. The summed E-state index contributed by atoms with van der Waals surface area (Å²) in [7, 11) is 1.72. The number of nitrogens with zero attached hydrogens (tertiary/aromatic N) is 1. The molecule has 0 aliphatic carbocycles. The minimum Gasteiger partial charge on any atom is -0.370 e. The van der Waals surface area contributed by atoms with E-state index in [2.05, 4.69) is 59.0 Å². The molecule has 1 aromatic heterocycles. The number of H-pyrrole nitrogens is 1. The van der Waals surface area contributed by atoms with Crippen molar-refractivity contribution in [2.24, 2.45) is 0 Å². The fraction of sp³-hybridized carbons (Fsp3) is 0.250. The largest absolute Gasteiger partial charge is 0.370 e. The van der Waals surface area contributed by atoms with Crippen molar-refractivity contribution in [1.82, 2.24) is 9.97 Å². The second-order valence-electron chi connectivity index (χ2n) is 5.82. The van der Waals surface area contributed by atoms with Gasteiger partial charge in [0.25, 0.3) is 0 Å². The molecule has 0 unspecified atom stereocenters. The summed E-state index contributed by atoms with van der Waals surface area (Å²) in [6.07, 6.45) is 2.66. The number of thiol groups is 1. The van der Waals surface area contributed by atoms with Crippen molar-refractivity contribution in [3.05, 3.63) is 89.5 Å². The Kier molecular flexibility index (Phi) is 7.56. The molecule has 0 bridgehead atoms. The summed E-state index contributed by atoms with van der Waals surface area (Å²) in [4.78, 5) is 8.04. The Balaban J connectivity index is 0.00000225. The molecule has 0 saturated carbocycles. The highest BCUT2D eigenvalue weighted by atomic mass is 35.5. The van der Waals surface area contributed by atoms with Crippen LogP contribution < -0.4 is 0 Å². The SMILES string of the molecule is CO[C@H](c1ccccc1)c1cnc([C@@H](CS)Cc2ccccc2)[nH]1.Cl. The third kappa shape index (κ3) is 4.88. The molecule has 0 aliphatic rings. The van der Waals surface area contributed by atoms with E-state index in [9.17, 15) is 0 Å². The third-order valence-electron chi connectivity index (χ3n) is 4.17. The molecular formula is C20H23ClN2OS. The number of imidazole rings is 1. The molecule has 1 N–H and O–H groups in total. The van der Waals surface area contributed by atoms with Gasteiger partial charge in [-0.25, -0.2) is 4.98 Å². The summed E-state index contributed by atoms with van der Waals surface area (Å²) >= 11 is 4.52. The van der Waals surface area contributed by atoms with Crippen molar-refractivity contribution in [1.29, 1.82) is 0 Å². The van der Waals surface area contributed by atoms with Gasteiger partial charge in [0.05, 0.1) is 11.9 Å². The zero-order valence-corrected chi connectivity index (χ0v) is 15.8. The number of nitrogens with one attached hydrogen (secondary N) is 1. The molecule has 0 amide bonds. The van der Waals surface area contributed by atoms with Gasteiger partial charge in [0, 0.05) is 18.8 Å². The summed E-state index contributed by atoms with van der Waals surface area (Å²) in [6.45, 7) is 0. The molecule has 0 radical (unpaired) electrons.